The van der Waals surface area contributed by atoms with Gasteiger partial charge in [0, 0.05) is 31.9 Å². The van der Waals surface area contributed by atoms with Crippen LogP contribution in [0.2, 0.25) is 0 Å². The van der Waals surface area contributed by atoms with E-state index in [1.807, 2.05) is 19.1 Å². The van der Waals surface area contributed by atoms with E-state index in [2.05, 4.69) is 24.1 Å². The maximum absolute atomic E-state index is 12.1. The number of urea groups is 1. The number of nitrogens with one attached hydrogen (secondary N) is 1. The quantitative estimate of drug-likeness (QED) is 0.789. The predicted molar refractivity (Wildman–Crippen MR) is 93.3 cm³/mol. The summed E-state index contributed by atoms with van der Waals surface area (Å²) in [5.41, 5.74) is 0.893. The summed E-state index contributed by atoms with van der Waals surface area (Å²) in [6.45, 7) is 7.39. The van der Waals surface area contributed by atoms with Crippen LogP contribution in [-0.4, -0.2) is 46.2 Å². The van der Waals surface area contributed by atoms with E-state index in [1.165, 1.54) is 0 Å². The Morgan fingerprint density at radius 3 is 2.84 bits per heavy atom. The number of ether oxygens (including phenoxy) is 1. The van der Waals surface area contributed by atoms with Gasteiger partial charge >= 0.3 is 12.0 Å². The number of rotatable bonds is 7. The predicted octanol–water partition coefficient (Wildman–Crippen LogP) is 2.51. The zero-order chi connectivity index (χ0) is 18.4. The van der Waals surface area contributed by atoms with Gasteiger partial charge in [-0.2, -0.15) is 0 Å². The Morgan fingerprint density at radius 2 is 2.20 bits per heavy atom. The van der Waals surface area contributed by atoms with Crippen LogP contribution < -0.4 is 10.1 Å². The maximum Gasteiger partial charge on any atom is 0.317 e. The summed E-state index contributed by atoms with van der Waals surface area (Å²) < 4.78 is 5.81. The van der Waals surface area contributed by atoms with E-state index in [0.29, 0.717) is 31.3 Å². The molecule has 0 aromatic carbocycles. The van der Waals surface area contributed by atoms with Gasteiger partial charge in [0.1, 0.15) is 0 Å². The first-order valence-corrected chi connectivity index (χ1v) is 8.72. The Kier molecular flexibility index (Phi) is 6.61. The molecule has 0 aliphatic carbocycles. The van der Waals surface area contributed by atoms with E-state index in [9.17, 15) is 9.59 Å². The number of carbonyl (C=O) groups is 2. The highest BCUT2D eigenvalue weighted by Crippen LogP contribution is 2.17. The number of carboxylic acid groups (broad SMARTS) is 1. The minimum Gasteiger partial charge on any atom is -0.481 e. The minimum absolute atomic E-state index is 0.0786. The summed E-state index contributed by atoms with van der Waals surface area (Å²) in [4.78, 5) is 28.9. The Morgan fingerprint density at radius 1 is 1.44 bits per heavy atom. The van der Waals surface area contributed by atoms with Gasteiger partial charge in [-0.15, -0.1) is 0 Å². The molecule has 2 unspecified atom stereocenters. The van der Waals surface area contributed by atoms with Crippen molar-refractivity contribution in [3.05, 3.63) is 23.9 Å². The summed E-state index contributed by atoms with van der Waals surface area (Å²) in [6.07, 6.45) is 3.19. The molecule has 1 aliphatic heterocycles. The molecule has 1 aromatic rings. The molecule has 0 spiro atoms. The van der Waals surface area contributed by atoms with Crippen molar-refractivity contribution in [1.29, 1.82) is 0 Å². The van der Waals surface area contributed by atoms with E-state index >= 15 is 0 Å². The molecule has 2 atom stereocenters. The molecule has 1 fully saturated rings. The van der Waals surface area contributed by atoms with Crippen LogP contribution >= 0.6 is 0 Å². The van der Waals surface area contributed by atoms with Gasteiger partial charge in [0.25, 0.3) is 0 Å². The number of aliphatic carboxylic acids is 1. The standard InChI is InChI=1S/C18H27N3O4/c1-12(2)8-13(3)25-16-9-14(4-6-19-16)10-20-18(24)21-7-5-15(11-21)17(22)23/h4,6,9,12-13,15H,5,7-8,10-11H2,1-3H3,(H,20,24)(H,22,23). The van der Waals surface area contributed by atoms with Crippen molar-refractivity contribution in [2.75, 3.05) is 13.1 Å². The number of pyridine rings is 1. The first-order valence-electron chi connectivity index (χ1n) is 8.72. The van der Waals surface area contributed by atoms with Gasteiger partial charge in [0.05, 0.1) is 12.0 Å². The summed E-state index contributed by atoms with van der Waals surface area (Å²) in [5, 5.41) is 11.8. The number of carboxylic acids is 1. The smallest absolute Gasteiger partial charge is 0.317 e. The van der Waals surface area contributed by atoms with Gasteiger partial charge in [0.2, 0.25) is 5.88 Å². The number of hydrogen-bond donors (Lipinski definition) is 2. The lowest BCUT2D eigenvalue weighted by Crippen LogP contribution is -2.38. The normalized spacial score (nSPS) is 18.2. The van der Waals surface area contributed by atoms with Crippen molar-refractivity contribution in [2.24, 2.45) is 11.8 Å². The molecule has 1 aromatic heterocycles. The zero-order valence-electron chi connectivity index (χ0n) is 15.1. The van der Waals surface area contributed by atoms with E-state index in [0.717, 1.165) is 12.0 Å². The number of likely N-dealkylation sites (tertiary alicyclic amines) is 1. The Hall–Kier alpha value is -2.31. The molecule has 25 heavy (non-hydrogen) atoms. The third-order valence-corrected chi connectivity index (χ3v) is 4.19. The summed E-state index contributed by atoms with van der Waals surface area (Å²) in [6, 6.07) is 3.40. The van der Waals surface area contributed by atoms with Crippen molar-refractivity contribution in [2.45, 2.75) is 46.3 Å². The fraction of sp³-hybridized carbons (Fsp3) is 0.611. The van der Waals surface area contributed by atoms with Crippen molar-refractivity contribution >= 4 is 12.0 Å². The van der Waals surface area contributed by atoms with E-state index < -0.39 is 11.9 Å². The molecule has 0 bridgehead atoms. The summed E-state index contributed by atoms with van der Waals surface area (Å²) >= 11 is 0. The third kappa shape index (κ3) is 5.92. The molecular weight excluding hydrogens is 322 g/mol. The van der Waals surface area contributed by atoms with Crippen LogP contribution in [0.3, 0.4) is 0 Å². The van der Waals surface area contributed by atoms with Gasteiger partial charge in [-0.1, -0.05) is 13.8 Å². The topological polar surface area (TPSA) is 91.8 Å². The largest absolute Gasteiger partial charge is 0.481 e. The number of aromatic nitrogens is 1. The van der Waals surface area contributed by atoms with Gasteiger partial charge in [0.15, 0.2) is 0 Å². The van der Waals surface area contributed by atoms with Crippen molar-refractivity contribution in [3.63, 3.8) is 0 Å². The molecule has 7 nitrogen and oxygen atoms in total. The second kappa shape index (κ2) is 8.69. The average Bonchev–Trinajstić information content (AvgIpc) is 3.02. The lowest BCUT2D eigenvalue weighted by atomic mass is 10.1. The highest BCUT2D eigenvalue weighted by Gasteiger charge is 2.30. The highest BCUT2D eigenvalue weighted by molar-refractivity contribution is 5.77. The van der Waals surface area contributed by atoms with Crippen LogP contribution in [0.1, 0.15) is 39.2 Å². The average molecular weight is 349 g/mol. The van der Waals surface area contributed by atoms with Crippen molar-refractivity contribution < 1.29 is 19.4 Å². The highest BCUT2D eigenvalue weighted by atomic mass is 16.5. The molecule has 2 heterocycles. The SMILES string of the molecule is CC(C)CC(C)Oc1cc(CNC(=O)N2CCC(C(=O)O)C2)ccn1. The van der Waals surface area contributed by atoms with Crippen LogP contribution in [0.25, 0.3) is 0 Å². The molecule has 2 amide bonds. The molecule has 138 valence electrons. The van der Waals surface area contributed by atoms with Crippen LogP contribution in [0.5, 0.6) is 5.88 Å². The van der Waals surface area contributed by atoms with Crippen molar-refractivity contribution in [1.82, 2.24) is 15.2 Å². The fourth-order valence-electron chi connectivity index (χ4n) is 2.98. The Balaban J connectivity index is 1.83. The van der Waals surface area contributed by atoms with Crippen molar-refractivity contribution in [3.8, 4) is 5.88 Å². The number of amides is 2. The second-order valence-corrected chi connectivity index (χ2v) is 6.99. The molecule has 7 heteroatoms. The third-order valence-electron chi connectivity index (χ3n) is 4.19. The van der Waals surface area contributed by atoms with Gasteiger partial charge in [-0.3, -0.25) is 4.79 Å². The van der Waals surface area contributed by atoms with Gasteiger partial charge in [-0.05, 0) is 37.3 Å². The minimum atomic E-state index is -0.846. The second-order valence-electron chi connectivity index (χ2n) is 6.99. The van der Waals surface area contributed by atoms with Crippen LogP contribution in [-0.2, 0) is 11.3 Å². The van der Waals surface area contributed by atoms with E-state index in [4.69, 9.17) is 9.84 Å². The molecule has 2 rings (SSSR count). The Bertz CT molecular complexity index is 606. The van der Waals surface area contributed by atoms with E-state index in [-0.39, 0.29) is 18.7 Å². The monoisotopic (exact) mass is 349 g/mol. The lowest BCUT2D eigenvalue weighted by molar-refractivity contribution is -0.141. The molecule has 0 saturated carbocycles. The number of hydrogen-bond acceptors (Lipinski definition) is 4. The summed E-state index contributed by atoms with van der Waals surface area (Å²) in [5.74, 6) is -0.213. The number of nitrogens with zero attached hydrogens (tertiary/aromatic N) is 2. The fourth-order valence-corrected chi connectivity index (χ4v) is 2.98. The molecular formula is C18H27N3O4. The Labute approximate surface area is 148 Å². The summed E-state index contributed by atoms with van der Waals surface area (Å²) in [7, 11) is 0. The van der Waals surface area contributed by atoms with Crippen LogP contribution in [0, 0.1) is 11.8 Å². The van der Waals surface area contributed by atoms with Gasteiger partial charge in [-0.25, -0.2) is 9.78 Å². The van der Waals surface area contributed by atoms with Crippen LogP contribution in [0.15, 0.2) is 18.3 Å². The molecule has 1 aliphatic rings. The molecule has 1 saturated heterocycles. The maximum atomic E-state index is 12.1. The molecule has 2 N–H and O–H groups in total. The van der Waals surface area contributed by atoms with Gasteiger partial charge < -0.3 is 20.1 Å². The van der Waals surface area contributed by atoms with Crippen LogP contribution in [0.4, 0.5) is 4.79 Å². The number of carbonyl (C=O) groups excluding carboxylic acids is 1. The lowest BCUT2D eigenvalue weighted by Gasteiger charge is -2.18. The first kappa shape index (κ1) is 19.0. The van der Waals surface area contributed by atoms with E-state index in [1.54, 1.807) is 11.1 Å². The first-order chi connectivity index (χ1) is 11.8. The molecule has 0 radical (unpaired) electrons. The zero-order valence-corrected chi connectivity index (χ0v) is 15.1.